The minimum absolute atomic E-state index is 0.0485. The van der Waals surface area contributed by atoms with Crippen LogP contribution in [0.15, 0.2) is 42.9 Å². The number of rotatable bonds is 7. The third-order valence-electron chi connectivity index (χ3n) is 6.04. The summed E-state index contributed by atoms with van der Waals surface area (Å²) in [6.07, 6.45) is 5.67. The van der Waals surface area contributed by atoms with Crippen LogP contribution >= 0.6 is 0 Å². The number of benzene rings is 1. The molecule has 0 saturated heterocycles. The van der Waals surface area contributed by atoms with E-state index in [1.54, 1.807) is 18.2 Å². The van der Waals surface area contributed by atoms with Crippen LogP contribution < -0.4 is 18.9 Å². The van der Waals surface area contributed by atoms with E-state index in [1.807, 2.05) is 9.44 Å². The van der Waals surface area contributed by atoms with E-state index in [0.29, 0.717) is 24.3 Å². The predicted molar refractivity (Wildman–Crippen MR) is 119 cm³/mol. The van der Waals surface area contributed by atoms with Crippen molar-refractivity contribution >= 4 is 22.1 Å². The smallest absolute Gasteiger partial charge is 0.416 e. The molecule has 1 amide bonds. The summed E-state index contributed by atoms with van der Waals surface area (Å²) in [5.41, 5.74) is 0.177. The Kier molecular flexibility index (Phi) is 5.68. The Bertz CT molecular complexity index is 1390. The molecule has 5 rings (SSSR count). The minimum atomic E-state index is -3.97. The van der Waals surface area contributed by atoms with Crippen LogP contribution in [0.3, 0.4) is 0 Å². The average Bonchev–Trinajstić information content (AvgIpc) is 2.81. The van der Waals surface area contributed by atoms with Crippen molar-refractivity contribution in [2.45, 2.75) is 31.3 Å². The zero-order valence-electron chi connectivity index (χ0n) is 18.4. The van der Waals surface area contributed by atoms with Crippen LogP contribution in [-0.4, -0.2) is 46.6 Å². The summed E-state index contributed by atoms with van der Waals surface area (Å²) < 4.78 is 53.9. The van der Waals surface area contributed by atoms with Crippen molar-refractivity contribution in [3.8, 4) is 17.5 Å². The maximum atomic E-state index is 15.1. The number of nitrogens with one attached hydrogen (secondary N) is 2. The number of anilines is 1. The first-order valence-corrected chi connectivity index (χ1v) is 12.1. The fourth-order valence-electron chi connectivity index (χ4n) is 4.18. The molecule has 1 spiro atoms. The summed E-state index contributed by atoms with van der Waals surface area (Å²) in [4.78, 5) is 22.3. The quantitative estimate of drug-likeness (QED) is 0.498. The molecule has 2 N–H and O–H groups in total. The van der Waals surface area contributed by atoms with Crippen LogP contribution in [0.2, 0.25) is 0 Å². The molecule has 35 heavy (non-hydrogen) atoms. The van der Waals surface area contributed by atoms with Gasteiger partial charge in [0.15, 0.2) is 11.6 Å². The summed E-state index contributed by atoms with van der Waals surface area (Å²) in [6, 6.07) is 6.54. The number of aromatic nitrogens is 4. The standard InChI is InChI=1S/C21H20FN7O5S/c1-23-35(31,32)28-18-17(22)13(5-8-24-18)12-29-20(30)34-16-11-14(33-19-25-9-10-26-27-19)3-4-15(16)21(29)6-2-7-21/h3-5,8-11,23H,2,6-7,12H2,1H3,(H,24,28). The van der Waals surface area contributed by atoms with E-state index in [9.17, 15) is 13.2 Å². The third-order valence-corrected chi connectivity index (χ3v) is 7.04. The van der Waals surface area contributed by atoms with E-state index in [-0.39, 0.29) is 18.1 Å². The zero-order chi connectivity index (χ0) is 24.6. The Morgan fingerprint density at radius 2 is 2.03 bits per heavy atom. The minimum Gasteiger partial charge on any atom is -0.423 e. The van der Waals surface area contributed by atoms with Crippen LogP contribution in [0.1, 0.15) is 30.4 Å². The molecular weight excluding hydrogens is 481 g/mol. The lowest BCUT2D eigenvalue weighted by atomic mass is 9.69. The Hall–Kier alpha value is -3.91. The number of carbonyl (C=O) groups excluding carboxylic acids is 1. The molecule has 0 radical (unpaired) electrons. The summed E-state index contributed by atoms with van der Waals surface area (Å²) in [5, 5.41) is 7.48. The molecule has 182 valence electrons. The SMILES string of the molecule is CNS(=O)(=O)Nc1nccc(CN2C(=O)Oc3cc(Oc4nccnn4)ccc3C23CCC3)c1F. The van der Waals surface area contributed by atoms with Gasteiger partial charge in [0.25, 0.3) is 10.2 Å². The van der Waals surface area contributed by atoms with E-state index in [1.165, 1.54) is 36.6 Å². The van der Waals surface area contributed by atoms with E-state index in [4.69, 9.17) is 9.47 Å². The summed E-state index contributed by atoms with van der Waals surface area (Å²) in [6.45, 7) is -0.136. The molecule has 1 aliphatic carbocycles. The fraction of sp³-hybridized carbons (Fsp3) is 0.286. The van der Waals surface area contributed by atoms with Crippen molar-refractivity contribution < 1.29 is 27.1 Å². The number of carbonyl (C=O) groups is 1. The highest BCUT2D eigenvalue weighted by Gasteiger charge is 2.52. The second kappa shape index (κ2) is 8.70. The number of pyridine rings is 1. The first-order chi connectivity index (χ1) is 16.8. The Labute approximate surface area is 199 Å². The lowest BCUT2D eigenvalue weighted by molar-refractivity contribution is 0.00111. The Balaban J connectivity index is 1.44. The Morgan fingerprint density at radius 1 is 1.20 bits per heavy atom. The number of nitrogens with zero attached hydrogens (tertiary/aromatic N) is 5. The third kappa shape index (κ3) is 4.21. The molecular formula is C21H20FN7O5S. The molecule has 2 aromatic heterocycles. The van der Waals surface area contributed by atoms with E-state index < -0.39 is 33.5 Å². The van der Waals surface area contributed by atoms with E-state index >= 15 is 4.39 Å². The van der Waals surface area contributed by atoms with E-state index in [2.05, 4.69) is 20.2 Å². The summed E-state index contributed by atoms with van der Waals surface area (Å²) in [5.74, 6) is -0.636. The van der Waals surface area contributed by atoms with Crippen molar-refractivity contribution in [1.82, 2.24) is 29.8 Å². The monoisotopic (exact) mass is 501 g/mol. The molecule has 0 atom stereocenters. The van der Waals surface area contributed by atoms with E-state index in [0.717, 1.165) is 12.0 Å². The highest BCUT2D eigenvalue weighted by molar-refractivity contribution is 7.90. The van der Waals surface area contributed by atoms with Gasteiger partial charge in [0.2, 0.25) is 0 Å². The highest BCUT2D eigenvalue weighted by Crippen LogP contribution is 2.53. The fourth-order valence-corrected chi connectivity index (χ4v) is 4.68. The summed E-state index contributed by atoms with van der Waals surface area (Å²) >= 11 is 0. The molecule has 1 fully saturated rings. The highest BCUT2D eigenvalue weighted by atomic mass is 32.2. The number of hydrogen-bond donors (Lipinski definition) is 2. The van der Waals surface area contributed by atoms with Gasteiger partial charge in [0, 0.05) is 30.4 Å². The number of ether oxygens (including phenoxy) is 2. The number of amides is 1. The van der Waals surface area contributed by atoms with Gasteiger partial charge >= 0.3 is 12.1 Å². The van der Waals surface area contributed by atoms with Crippen LogP contribution in [-0.2, 0) is 22.3 Å². The first kappa shape index (κ1) is 22.9. The van der Waals surface area contributed by atoms with Gasteiger partial charge in [-0.05, 0) is 37.5 Å². The zero-order valence-corrected chi connectivity index (χ0v) is 19.2. The van der Waals surface area contributed by atoms with Gasteiger partial charge in [-0.1, -0.05) is 5.10 Å². The largest absolute Gasteiger partial charge is 0.423 e. The second-order valence-corrected chi connectivity index (χ2v) is 9.59. The molecule has 1 saturated carbocycles. The first-order valence-electron chi connectivity index (χ1n) is 10.6. The molecule has 3 heterocycles. The Morgan fingerprint density at radius 3 is 2.71 bits per heavy atom. The van der Waals surface area contributed by atoms with Gasteiger partial charge in [-0.15, -0.1) is 0 Å². The van der Waals surface area contributed by atoms with Crippen LogP contribution in [0.25, 0.3) is 0 Å². The predicted octanol–water partition coefficient (Wildman–Crippen LogP) is 2.47. The van der Waals surface area contributed by atoms with Crippen molar-refractivity contribution in [2.75, 3.05) is 11.8 Å². The number of halogens is 1. The van der Waals surface area contributed by atoms with Crippen molar-refractivity contribution in [1.29, 1.82) is 0 Å². The molecule has 2 aliphatic rings. The number of hydrogen-bond acceptors (Lipinski definition) is 9. The van der Waals surface area contributed by atoms with Gasteiger partial charge in [0.05, 0.1) is 24.5 Å². The average molecular weight is 502 g/mol. The van der Waals surface area contributed by atoms with Gasteiger partial charge in [0.1, 0.15) is 11.5 Å². The van der Waals surface area contributed by atoms with Gasteiger partial charge in [-0.2, -0.15) is 13.5 Å². The molecule has 1 aromatic carbocycles. The van der Waals surface area contributed by atoms with Crippen LogP contribution in [0.5, 0.6) is 17.5 Å². The maximum Gasteiger partial charge on any atom is 0.416 e. The molecule has 0 bridgehead atoms. The maximum absolute atomic E-state index is 15.1. The normalized spacial score (nSPS) is 16.3. The lowest BCUT2D eigenvalue weighted by Crippen LogP contribution is -2.57. The van der Waals surface area contributed by atoms with Gasteiger partial charge < -0.3 is 9.47 Å². The van der Waals surface area contributed by atoms with Crippen molar-refractivity contribution in [3.63, 3.8) is 0 Å². The van der Waals surface area contributed by atoms with Gasteiger partial charge in [-0.25, -0.2) is 23.9 Å². The summed E-state index contributed by atoms with van der Waals surface area (Å²) in [7, 11) is -2.78. The second-order valence-electron chi connectivity index (χ2n) is 7.97. The lowest BCUT2D eigenvalue weighted by Gasteiger charge is -2.52. The van der Waals surface area contributed by atoms with Crippen LogP contribution in [0, 0.1) is 5.82 Å². The van der Waals surface area contributed by atoms with Crippen LogP contribution in [0.4, 0.5) is 15.0 Å². The van der Waals surface area contributed by atoms with Crippen molar-refractivity contribution in [3.05, 3.63) is 59.8 Å². The molecule has 1 aliphatic heterocycles. The van der Waals surface area contributed by atoms with Gasteiger partial charge in [-0.3, -0.25) is 9.62 Å². The number of fused-ring (bicyclic) bond motifs is 2. The molecule has 12 nitrogen and oxygen atoms in total. The van der Waals surface area contributed by atoms with Crippen molar-refractivity contribution in [2.24, 2.45) is 0 Å². The molecule has 3 aromatic rings. The topological polar surface area (TPSA) is 149 Å². The molecule has 14 heteroatoms. The molecule has 0 unspecified atom stereocenters.